The fourth-order valence-corrected chi connectivity index (χ4v) is 1.10. The Balaban J connectivity index is 3.29. The molecule has 0 amide bonds. The van der Waals surface area contributed by atoms with Gasteiger partial charge in [0.25, 0.3) is 0 Å². The van der Waals surface area contributed by atoms with Gasteiger partial charge in [0.15, 0.2) is 0 Å². The van der Waals surface area contributed by atoms with Crippen LogP contribution in [0, 0.1) is 15.9 Å². The van der Waals surface area contributed by atoms with Gasteiger partial charge >= 0.3 is 5.69 Å². The molecule has 0 aliphatic carbocycles. The minimum atomic E-state index is -1.15. The molecule has 0 bridgehead atoms. The number of aliphatic hydroxyl groups is 1. The van der Waals surface area contributed by atoms with E-state index in [4.69, 9.17) is 10.8 Å². The minimum Gasteiger partial charge on any atom is -0.507 e. The number of phenols is 1. The summed E-state index contributed by atoms with van der Waals surface area (Å²) >= 11 is 0. The summed E-state index contributed by atoms with van der Waals surface area (Å²) in [5, 5.41) is 28.3. The van der Waals surface area contributed by atoms with E-state index in [9.17, 15) is 19.6 Å². The van der Waals surface area contributed by atoms with Crippen molar-refractivity contribution < 1.29 is 19.5 Å². The Kier molecular flexibility index (Phi) is 3.17. The Bertz CT molecular complexity index is 396. The van der Waals surface area contributed by atoms with Crippen LogP contribution in [-0.2, 0) is 0 Å². The number of nitro benzene ring substituents is 1. The zero-order chi connectivity index (χ0) is 11.6. The SMILES string of the molecule is N[C@H](CO)c1cc([N+](=O)[O-])c(F)cc1O. The highest BCUT2D eigenvalue weighted by atomic mass is 19.1. The van der Waals surface area contributed by atoms with Crippen LogP contribution in [0.3, 0.4) is 0 Å². The number of benzene rings is 1. The summed E-state index contributed by atoms with van der Waals surface area (Å²) in [4.78, 5) is 9.45. The van der Waals surface area contributed by atoms with Crippen molar-refractivity contribution in [2.45, 2.75) is 6.04 Å². The van der Waals surface area contributed by atoms with E-state index in [2.05, 4.69) is 0 Å². The smallest absolute Gasteiger partial charge is 0.305 e. The van der Waals surface area contributed by atoms with Crippen molar-refractivity contribution in [1.29, 1.82) is 0 Å². The second-order valence-corrected chi connectivity index (χ2v) is 2.91. The molecule has 15 heavy (non-hydrogen) atoms. The van der Waals surface area contributed by atoms with Crippen LogP contribution in [0.15, 0.2) is 12.1 Å². The molecule has 4 N–H and O–H groups in total. The summed E-state index contributed by atoms with van der Waals surface area (Å²) in [6.45, 7) is -0.504. The van der Waals surface area contributed by atoms with Crippen LogP contribution < -0.4 is 5.73 Å². The van der Waals surface area contributed by atoms with Crippen molar-refractivity contribution in [3.05, 3.63) is 33.6 Å². The molecule has 0 heterocycles. The molecule has 0 aliphatic rings. The molecule has 1 atom stereocenters. The van der Waals surface area contributed by atoms with Crippen LogP contribution in [0.25, 0.3) is 0 Å². The van der Waals surface area contributed by atoms with Gasteiger partial charge in [0, 0.05) is 17.7 Å². The van der Waals surface area contributed by atoms with Gasteiger partial charge in [-0.3, -0.25) is 10.1 Å². The summed E-state index contributed by atoms with van der Waals surface area (Å²) in [7, 11) is 0. The molecule has 0 aliphatic heterocycles. The summed E-state index contributed by atoms with van der Waals surface area (Å²) in [5.74, 6) is -1.66. The van der Waals surface area contributed by atoms with E-state index in [-0.39, 0.29) is 5.56 Å². The van der Waals surface area contributed by atoms with Gasteiger partial charge in [0.1, 0.15) is 5.75 Å². The van der Waals surface area contributed by atoms with Crippen molar-refractivity contribution in [2.24, 2.45) is 5.73 Å². The molecule has 0 fully saturated rings. The Morgan fingerprint density at radius 3 is 2.67 bits per heavy atom. The number of phenolic OH excluding ortho intramolecular Hbond substituents is 1. The summed E-state index contributed by atoms with van der Waals surface area (Å²) in [6.07, 6.45) is 0. The Morgan fingerprint density at radius 1 is 1.60 bits per heavy atom. The molecule has 0 aromatic heterocycles. The van der Waals surface area contributed by atoms with Crippen molar-refractivity contribution in [3.8, 4) is 5.75 Å². The summed E-state index contributed by atoms with van der Waals surface area (Å²) < 4.78 is 12.9. The number of rotatable bonds is 3. The highest BCUT2D eigenvalue weighted by molar-refractivity contribution is 5.45. The quantitative estimate of drug-likeness (QED) is 0.501. The van der Waals surface area contributed by atoms with Crippen molar-refractivity contribution in [1.82, 2.24) is 0 Å². The first-order valence-corrected chi connectivity index (χ1v) is 4.00. The molecule has 0 saturated heterocycles. The molecular weight excluding hydrogens is 207 g/mol. The third-order valence-electron chi connectivity index (χ3n) is 1.89. The largest absolute Gasteiger partial charge is 0.507 e. The molecular formula is C8H9FN2O4. The molecule has 1 aromatic carbocycles. The molecule has 1 aromatic rings. The maximum Gasteiger partial charge on any atom is 0.305 e. The van der Waals surface area contributed by atoms with Crippen molar-refractivity contribution >= 4 is 5.69 Å². The topological polar surface area (TPSA) is 110 Å². The number of aliphatic hydroxyl groups excluding tert-OH is 1. The molecule has 7 heteroatoms. The predicted molar refractivity (Wildman–Crippen MR) is 48.7 cm³/mol. The predicted octanol–water partition coefficient (Wildman–Crippen LogP) is 0.432. The van der Waals surface area contributed by atoms with Crippen LogP contribution in [0.4, 0.5) is 10.1 Å². The van der Waals surface area contributed by atoms with E-state index in [1.165, 1.54) is 0 Å². The van der Waals surface area contributed by atoms with E-state index in [0.29, 0.717) is 6.07 Å². The average molecular weight is 216 g/mol. The number of nitro groups is 1. The van der Waals surface area contributed by atoms with E-state index < -0.39 is 34.8 Å². The Hall–Kier alpha value is -1.73. The van der Waals surface area contributed by atoms with Crippen LogP contribution in [-0.4, -0.2) is 21.7 Å². The maximum atomic E-state index is 12.9. The highest BCUT2D eigenvalue weighted by Crippen LogP contribution is 2.29. The van der Waals surface area contributed by atoms with Gasteiger partial charge in [0.2, 0.25) is 5.82 Å². The van der Waals surface area contributed by atoms with Gasteiger partial charge in [-0.25, -0.2) is 0 Å². The second-order valence-electron chi connectivity index (χ2n) is 2.91. The van der Waals surface area contributed by atoms with Gasteiger partial charge in [-0.15, -0.1) is 0 Å². The minimum absolute atomic E-state index is 0.0643. The molecule has 6 nitrogen and oxygen atoms in total. The lowest BCUT2D eigenvalue weighted by molar-refractivity contribution is -0.387. The molecule has 82 valence electrons. The number of aromatic hydroxyl groups is 1. The molecule has 0 saturated carbocycles. The number of hydrogen-bond donors (Lipinski definition) is 3. The molecule has 0 spiro atoms. The molecule has 0 unspecified atom stereocenters. The maximum absolute atomic E-state index is 12.9. The Labute approximate surface area is 83.9 Å². The second kappa shape index (κ2) is 4.20. The fraction of sp³-hybridized carbons (Fsp3) is 0.250. The number of hydrogen-bond acceptors (Lipinski definition) is 5. The van der Waals surface area contributed by atoms with Gasteiger partial charge in [0.05, 0.1) is 17.6 Å². The van der Waals surface area contributed by atoms with Gasteiger partial charge in [-0.2, -0.15) is 4.39 Å². The van der Waals surface area contributed by atoms with Gasteiger partial charge in [-0.1, -0.05) is 0 Å². The molecule has 0 radical (unpaired) electrons. The third kappa shape index (κ3) is 2.20. The number of halogens is 1. The highest BCUT2D eigenvalue weighted by Gasteiger charge is 2.20. The van der Waals surface area contributed by atoms with Crippen LogP contribution in [0.2, 0.25) is 0 Å². The lowest BCUT2D eigenvalue weighted by Crippen LogP contribution is -2.15. The van der Waals surface area contributed by atoms with Gasteiger partial charge in [-0.05, 0) is 0 Å². The van der Waals surface area contributed by atoms with E-state index >= 15 is 0 Å². The normalized spacial score (nSPS) is 12.5. The zero-order valence-electron chi connectivity index (χ0n) is 7.55. The van der Waals surface area contributed by atoms with E-state index in [1.807, 2.05) is 0 Å². The number of nitrogens with two attached hydrogens (primary N) is 1. The Morgan fingerprint density at radius 2 is 2.20 bits per heavy atom. The summed E-state index contributed by atoms with van der Waals surface area (Å²) in [5.41, 5.74) is 4.51. The summed E-state index contributed by atoms with van der Waals surface area (Å²) in [6, 6.07) is 0.429. The first-order chi connectivity index (χ1) is 6.97. The first kappa shape index (κ1) is 11.3. The first-order valence-electron chi connectivity index (χ1n) is 4.00. The van der Waals surface area contributed by atoms with Crippen molar-refractivity contribution in [2.75, 3.05) is 6.61 Å². The lowest BCUT2D eigenvalue weighted by Gasteiger charge is -2.10. The van der Waals surface area contributed by atoms with Crippen molar-refractivity contribution in [3.63, 3.8) is 0 Å². The van der Waals surface area contributed by atoms with E-state index in [1.54, 1.807) is 0 Å². The van der Waals surface area contributed by atoms with Gasteiger partial charge < -0.3 is 15.9 Å². The monoisotopic (exact) mass is 216 g/mol. The lowest BCUT2D eigenvalue weighted by atomic mass is 10.1. The standard InChI is InChI=1S/C8H9FN2O4/c9-5-2-8(13)4(6(10)3-12)1-7(5)11(14)15/h1-2,6,12-13H,3,10H2/t6-/m1/s1. The third-order valence-corrected chi connectivity index (χ3v) is 1.89. The number of nitrogens with zero attached hydrogens (tertiary/aromatic N) is 1. The van der Waals surface area contributed by atoms with Crippen LogP contribution in [0.1, 0.15) is 11.6 Å². The molecule has 1 rings (SSSR count). The fourth-order valence-electron chi connectivity index (χ4n) is 1.10. The zero-order valence-corrected chi connectivity index (χ0v) is 7.55. The average Bonchev–Trinajstić information content (AvgIpc) is 2.16. The van der Waals surface area contributed by atoms with E-state index in [0.717, 1.165) is 6.07 Å². The van der Waals surface area contributed by atoms with Crippen LogP contribution >= 0.6 is 0 Å². The van der Waals surface area contributed by atoms with Crippen LogP contribution in [0.5, 0.6) is 5.75 Å².